The van der Waals surface area contributed by atoms with Gasteiger partial charge in [0, 0.05) is 16.0 Å². The second-order valence-electron chi connectivity index (χ2n) is 3.39. The highest BCUT2D eigenvalue weighted by atomic mass is 127. The monoisotopic (exact) mass is 355 g/mol. The van der Waals surface area contributed by atoms with Crippen LogP contribution in [0.2, 0.25) is 0 Å². The minimum atomic E-state index is -0.275. The molecule has 0 aliphatic heterocycles. The molecule has 0 aliphatic rings. The van der Waals surface area contributed by atoms with Gasteiger partial charge in [0.15, 0.2) is 0 Å². The van der Waals surface area contributed by atoms with Crippen molar-refractivity contribution in [1.82, 2.24) is 9.97 Å². The van der Waals surface area contributed by atoms with Crippen LogP contribution < -0.4 is 10.1 Å². The van der Waals surface area contributed by atoms with Crippen molar-refractivity contribution >= 4 is 34.3 Å². The molecule has 0 spiro atoms. The minimum Gasteiger partial charge on any atom is -0.494 e. The van der Waals surface area contributed by atoms with Gasteiger partial charge in [0.05, 0.1) is 18.9 Å². The number of hydrogen-bond acceptors (Lipinski definition) is 4. The number of rotatable bonds is 3. The van der Waals surface area contributed by atoms with Crippen molar-refractivity contribution in [3.63, 3.8) is 0 Å². The molecule has 0 atom stereocenters. The maximum atomic E-state index is 12.0. The molecule has 5 nitrogen and oxygen atoms in total. The summed E-state index contributed by atoms with van der Waals surface area (Å²) in [6, 6.07) is 5.21. The number of aromatic nitrogens is 2. The maximum Gasteiger partial charge on any atom is 0.260 e. The highest BCUT2D eigenvalue weighted by molar-refractivity contribution is 14.1. The number of ether oxygens (including phenoxy) is 1. The SMILES string of the molecule is COc1cnccc1C(=O)Nc1ccc(I)cn1. The van der Waals surface area contributed by atoms with Crippen LogP contribution in [0.3, 0.4) is 0 Å². The first kappa shape index (κ1) is 12.7. The number of methoxy groups -OCH3 is 1. The number of anilines is 1. The second kappa shape index (κ2) is 5.76. The van der Waals surface area contributed by atoms with Crippen molar-refractivity contribution in [2.75, 3.05) is 12.4 Å². The Morgan fingerprint density at radius 1 is 1.33 bits per heavy atom. The molecular formula is C12H10IN3O2. The molecule has 0 unspecified atom stereocenters. The lowest BCUT2D eigenvalue weighted by atomic mass is 10.2. The molecule has 0 saturated heterocycles. The first-order valence-electron chi connectivity index (χ1n) is 5.11. The molecule has 6 heteroatoms. The van der Waals surface area contributed by atoms with Crippen LogP contribution in [0.4, 0.5) is 5.82 Å². The zero-order chi connectivity index (χ0) is 13.0. The van der Waals surface area contributed by atoms with Crippen molar-refractivity contribution < 1.29 is 9.53 Å². The minimum absolute atomic E-state index is 0.275. The van der Waals surface area contributed by atoms with Gasteiger partial charge >= 0.3 is 0 Å². The second-order valence-corrected chi connectivity index (χ2v) is 4.64. The number of hydrogen-bond donors (Lipinski definition) is 1. The number of carbonyl (C=O) groups excluding carboxylic acids is 1. The van der Waals surface area contributed by atoms with Crippen LogP contribution in [0, 0.1) is 3.57 Å². The lowest BCUT2D eigenvalue weighted by molar-refractivity contribution is 0.102. The van der Waals surface area contributed by atoms with E-state index in [4.69, 9.17) is 4.74 Å². The fourth-order valence-electron chi connectivity index (χ4n) is 1.36. The molecule has 0 fully saturated rings. The largest absolute Gasteiger partial charge is 0.494 e. The fourth-order valence-corrected chi connectivity index (χ4v) is 1.68. The van der Waals surface area contributed by atoms with Gasteiger partial charge in [0.2, 0.25) is 0 Å². The zero-order valence-electron chi connectivity index (χ0n) is 9.55. The van der Waals surface area contributed by atoms with Gasteiger partial charge in [-0.3, -0.25) is 9.78 Å². The van der Waals surface area contributed by atoms with E-state index < -0.39 is 0 Å². The molecular weight excluding hydrogens is 345 g/mol. The molecule has 0 radical (unpaired) electrons. The van der Waals surface area contributed by atoms with E-state index in [1.165, 1.54) is 13.3 Å². The smallest absolute Gasteiger partial charge is 0.260 e. The fraction of sp³-hybridized carbons (Fsp3) is 0.0833. The van der Waals surface area contributed by atoms with E-state index in [2.05, 4.69) is 37.9 Å². The molecule has 1 N–H and O–H groups in total. The van der Waals surface area contributed by atoms with Crippen molar-refractivity contribution in [3.05, 3.63) is 45.9 Å². The van der Waals surface area contributed by atoms with Gasteiger partial charge in [-0.2, -0.15) is 0 Å². The third kappa shape index (κ3) is 2.95. The van der Waals surface area contributed by atoms with Gasteiger partial charge in [-0.05, 0) is 40.8 Å². The highest BCUT2D eigenvalue weighted by Crippen LogP contribution is 2.17. The summed E-state index contributed by atoms with van der Waals surface area (Å²) in [5.41, 5.74) is 0.424. The van der Waals surface area contributed by atoms with Gasteiger partial charge in [-0.25, -0.2) is 4.98 Å². The Kier molecular flexibility index (Phi) is 4.08. The maximum absolute atomic E-state index is 12.0. The Morgan fingerprint density at radius 3 is 2.83 bits per heavy atom. The molecule has 92 valence electrons. The van der Waals surface area contributed by atoms with Gasteiger partial charge in [0.1, 0.15) is 11.6 Å². The van der Waals surface area contributed by atoms with Crippen LogP contribution in [-0.4, -0.2) is 23.0 Å². The van der Waals surface area contributed by atoms with Crippen LogP contribution in [0.1, 0.15) is 10.4 Å². The summed E-state index contributed by atoms with van der Waals surface area (Å²) in [6.07, 6.45) is 4.72. The first-order valence-corrected chi connectivity index (χ1v) is 6.19. The standard InChI is InChI=1S/C12H10IN3O2/c1-18-10-7-14-5-4-9(10)12(17)16-11-3-2-8(13)6-15-11/h2-7H,1H3,(H,15,16,17). The van der Waals surface area contributed by atoms with Crippen LogP contribution >= 0.6 is 22.6 Å². The molecule has 2 aromatic rings. The van der Waals surface area contributed by atoms with E-state index in [-0.39, 0.29) is 5.91 Å². The Balaban J connectivity index is 2.19. The van der Waals surface area contributed by atoms with Crippen LogP contribution in [0.25, 0.3) is 0 Å². The Morgan fingerprint density at radius 2 is 2.17 bits per heavy atom. The number of pyridine rings is 2. The van der Waals surface area contributed by atoms with Gasteiger partial charge in [0.25, 0.3) is 5.91 Å². The average Bonchev–Trinajstić information content (AvgIpc) is 2.41. The Bertz CT molecular complexity index is 558. The van der Waals surface area contributed by atoms with E-state index in [0.29, 0.717) is 17.1 Å². The molecule has 2 aromatic heterocycles. The number of nitrogens with zero attached hydrogens (tertiary/aromatic N) is 2. The molecule has 18 heavy (non-hydrogen) atoms. The molecule has 0 bridgehead atoms. The third-order valence-electron chi connectivity index (χ3n) is 2.22. The topological polar surface area (TPSA) is 64.1 Å². The summed E-state index contributed by atoms with van der Waals surface area (Å²) >= 11 is 2.15. The normalized spacial score (nSPS) is 9.89. The van der Waals surface area contributed by atoms with Crippen LogP contribution in [-0.2, 0) is 0 Å². The van der Waals surface area contributed by atoms with Crippen molar-refractivity contribution in [3.8, 4) is 5.75 Å². The van der Waals surface area contributed by atoms with Crippen LogP contribution in [0.5, 0.6) is 5.75 Å². The lowest BCUT2D eigenvalue weighted by Crippen LogP contribution is -2.14. The summed E-state index contributed by atoms with van der Waals surface area (Å²) in [4.78, 5) is 20.0. The van der Waals surface area contributed by atoms with Gasteiger partial charge in [-0.1, -0.05) is 0 Å². The zero-order valence-corrected chi connectivity index (χ0v) is 11.7. The highest BCUT2D eigenvalue weighted by Gasteiger charge is 2.12. The summed E-state index contributed by atoms with van der Waals surface area (Å²) in [5, 5.41) is 2.70. The number of carbonyl (C=O) groups is 1. The van der Waals surface area contributed by atoms with E-state index in [0.717, 1.165) is 3.57 Å². The van der Waals surface area contributed by atoms with E-state index in [9.17, 15) is 4.79 Å². The summed E-state index contributed by atoms with van der Waals surface area (Å²) < 4.78 is 6.08. The number of halogens is 1. The summed E-state index contributed by atoms with van der Waals surface area (Å²) in [5.74, 6) is 0.655. The molecule has 0 aliphatic carbocycles. The molecule has 2 heterocycles. The quantitative estimate of drug-likeness (QED) is 0.859. The predicted octanol–water partition coefficient (Wildman–Crippen LogP) is 2.34. The molecule has 1 amide bonds. The van der Waals surface area contributed by atoms with Crippen molar-refractivity contribution in [2.45, 2.75) is 0 Å². The molecule has 2 rings (SSSR count). The van der Waals surface area contributed by atoms with E-state index >= 15 is 0 Å². The van der Waals surface area contributed by atoms with Gasteiger partial charge < -0.3 is 10.1 Å². The van der Waals surface area contributed by atoms with E-state index in [1.54, 1.807) is 24.5 Å². The third-order valence-corrected chi connectivity index (χ3v) is 2.86. The predicted molar refractivity (Wildman–Crippen MR) is 75.7 cm³/mol. The first-order chi connectivity index (χ1) is 8.70. The van der Waals surface area contributed by atoms with E-state index in [1.807, 2.05) is 6.07 Å². The number of amides is 1. The van der Waals surface area contributed by atoms with Crippen molar-refractivity contribution in [2.24, 2.45) is 0 Å². The van der Waals surface area contributed by atoms with Crippen molar-refractivity contribution in [1.29, 1.82) is 0 Å². The van der Waals surface area contributed by atoms with Crippen LogP contribution in [0.15, 0.2) is 36.8 Å². The summed E-state index contributed by atoms with van der Waals surface area (Å²) in [7, 11) is 1.50. The Labute approximate surface area is 118 Å². The molecule has 0 aromatic carbocycles. The number of nitrogens with one attached hydrogen (secondary N) is 1. The summed E-state index contributed by atoms with van der Waals surface area (Å²) in [6.45, 7) is 0. The Hall–Kier alpha value is -1.70. The van der Waals surface area contributed by atoms with Gasteiger partial charge in [-0.15, -0.1) is 0 Å². The molecule has 0 saturated carbocycles. The lowest BCUT2D eigenvalue weighted by Gasteiger charge is -2.07. The average molecular weight is 355 g/mol.